The van der Waals surface area contributed by atoms with Crippen LogP contribution in [0.15, 0.2) is 48.5 Å². The Morgan fingerprint density at radius 3 is 2.70 bits per heavy atom. The molecule has 0 saturated carbocycles. The Bertz CT molecular complexity index is 1320. The first-order valence-electron chi connectivity index (χ1n) is 12.8. The average molecular weight is 505 g/mol. The first kappa shape index (κ1) is 23.9. The molecule has 0 aliphatic carbocycles. The lowest BCUT2D eigenvalue weighted by Crippen LogP contribution is -2.63. The number of hydrogen-bond donors (Lipinski definition) is 2. The SMILES string of the molecule is O=C1C2Cc3c([nH]c4ccccc34)C(c3cccc(N([O-])O)c3)N2C(=O)CN1CCCN1CCOCC1. The second-order valence-electron chi connectivity index (χ2n) is 9.92. The summed E-state index contributed by atoms with van der Waals surface area (Å²) in [4.78, 5) is 36.6. The number of nitrogens with zero attached hydrogens (tertiary/aromatic N) is 4. The van der Waals surface area contributed by atoms with Crippen LogP contribution in [0.25, 0.3) is 10.9 Å². The van der Waals surface area contributed by atoms with Gasteiger partial charge in [-0.3, -0.25) is 19.7 Å². The van der Waals surface area contributed by atoms with Gasteiger partial charge in [0.25, 0.3) is 0 Å². The van der Waals surface area contributed by atoms with Crippen molar-refractivity contribution in [3.05, 3.63) is 70.6 Å². The van der Waals surface area contributed by atoms with Crippen molar-refractivity contribution in [3.8, 4) is 0 Å². The second kappa shape index (κ2) is 9.79. The van der Waals surface area contributed by atoms with Gasteiger partial charge >= 0.3 is 0 Å². The van der Waals surface area contributed by atoms with E-state index in [-0.39, 0.29) is 29.3 Å². The zero-order valence-corrected chi connectivity index (χ0v) is 20.5. The van der Waals surface area contributed by atoms with Gasteiger partial charge < -0.3 is 30.0 Å². The molecule has 2 N–H and O–H groups in total. The normalized spacial score (nSPS) is 22.3. The number of amides is 2. The van der Waals surface area contributed by atoms with Crippen LogP contribution in [0.2, 0.25) is 0 Å². The number of para-hydroxylation sites is 1. The molecule has 2 saturated heterocycles. The van der Waals surface area contributed by atoms with E-state index in [1.807, 2.05) is 30.3 Å². The number of carbonyl (C=O) groups excluding carboxylic acids is 2. The molecule has 2 aromatic carbocycles. The van der Waals surface area contributed by atoms with Crippen molar-refractivity contribution in [1.29, 1.82) is 0 Å². The van der Waals surface area contributed by atoms with Crippen molar-refractivity contribution in [3.63, 3.8) is 0 Å². The van der Waals surface area contributed by atoms with Crippen molar-refractivity contribution >= 4 is 28.4 Å². The van der Waals surface area contributed by atoms with Crippen LogP contribution in [0, 0.1) is 5.21 Å². The Labute approximate surface area is 214 Å². The van der Waals surface area contributed by atoms with E-state index < -0.39 is 12.1 Å². The number of ether oxygens (including phenoxy) is 1. The molecule has 10 heteroatoms. The summed E-state index contributed by atoms with van der Waals surface area (Å²) in [5.74, 6) is -0.176. The van der Waals surface area contributed by atoms with Crippen LogP contribution in [-0.4, -0.2) is 88.7 Å². The molecule has 0 radical (unpaired) electrons. The van der Waals surface area contributed by atoms with E-state index >= 15 is 0 Å². The fourth-order valence-corrected chi connectivity index (χ4v) is 5.98. The van der Waals surface area contributed by atoms with Crippen molar-refractivity contribution in [2.24, 2.45) is 0 Å². The number of nitrogens with one attached hydrogen (secondary N) is 1. The lowest BCUT2D eigenvalue weighted by Gasteiger charge is -2.47. The molecule has 2 amide bonds. The Balaban J connectivity index is 1.33. The van der Waals surface area contributed by atoms with Crippen molar-refractivity contribution in [2.45, 2.75) is 24.9 Å². The molecular formula is C27H30N5O5-. The van der Waals surface area contributed by atoms with Gasteiger partial charge in [0.05, 0.1) is 31.5 Å². The number of piperazine rings is 1. The zero-order valence-electron chi connectivity index (χ0n) is 20.5. The molecule has 4 heterocycles. The molecule has 3 aromatic rings. The second-order valence-corrected chi connectivity index (χ2v) is 9.92. The Morgan fingerprint density at radius 1 is 1.08 bits per heavy atom. The first-order valence-corrected chi connectivity index (χ1v) is 12.8. The van der Waals surface area contributed by atoms with Gasteiger partial charge in [-0.1, -0.05) is 30.3 Å². The largest absolute Gasteiger partial charge is 0.733 e. The van der Waals surface area contributed by atoms with E-state index in [1.54, 1.807) is 21.9 Å². The minimum Gasteiger partial charge on any atom is -0.733 e. The number of rotatable bonds is 6. The van der Waals surface area contributed by atoms with Gasteiger partial charge in [0.2, 0.25) is 11.8 Å². The van der Waals surface area contributed by atoms with Crippen molar-refractivity contribution < 1.29 is 19.5 Å². The Hall–Kier alpha value is -3.44. The van der Waals surface area contributed by atoms with Gasteiger partial charge in [-0.2, -0.15) is 0 Å². The van der Waals surface area contributed by atoms with Crippen LogP contribution in [0.5, 0.6) is 0 Å². The third kappa shape index (κ3) is 4.36. The maximum absolute atomic E-state index is 13.8. The molecule has 6 rings (SSSR count). The molecule has 37 heavy (non-hydrogen) atoms. The van der Waals surface area contributed by atoms with Crippen molar-refractivity contribution in [2.75, 3.05) is 51.2 Å². The Kier molecular flexibility index (Phi) is 6.33. The molecule has 2 unspecified atom stereocenters. The summed E-state index contributed by atoms with van der Waals surface area (Å²) in [6.45, 7) is 4.66. The maximum atomic E-state index is 13.8. The highest BCUT2D eigenvalue weighted by atomic mass is 16.8. The molecule has 0 bridgehead atoms. The van der Waals surface area contributed by atoms with E-state index in [2.05, 4.69) is 9.88 Å². The number of anilines is 1. The molecule has 10 nitrogen and oxygen atoms in total. The number of benzene rings is 2. The number of aromatic nitrogens is 1. The summed E-state index contributed by atoms with van der Waals surface area (Å²) < 4.78 is 5.41. The topological polar surface area (TPSA) is 115 Å². The van der Waals surface area contributed by atoms with Crippen LogP contribution < -0.4 is 5.23 Å². The highest BCUT2D eigenvalue weighted by molar-refractivity contribution is 5.97. The molecule has 194 valence electrons. The first-order chi connectivity index (χ1) is 18.0. The predicted octanol–water partition coefficient (Wildman–Crippen LogP) is 2.27. The smallest absolute Gasteiger partial charge is 0.246 e. The number of carbonyl (C=O) groups is 2. The molecule has 3 aliphatic heterocycles. The van der Waals surface area contributed by atoms with Crippen LogP contribution in [0.3, 0.4) is 0 Å². The average Bonchev–Trinajstić information content (AvgIpc) is 3.29. The molecule has 1 aromatic heterocycles. The minimum absolute atomic E-state index is 0.0257. The summed E-state index contributed by atoms with van der Waals surface area (Å²) in [7, 11) is 0. The van der Waals surface area contributed by atoms with Crippen LogP contribution in [-0.2, 0) is 20.7 Å². The third-order valence-electron chi connectivity index (χ3n) is 7.76. The number of aromatic amines is 1. The molecule has 3 aliphatic rings. The summed E-state index contributed by atoms with van der Waals surface area (Å²) in [5.41, 5.74) is 3.51. The lowest BCUT2D eigenvalue weighted by molar-refractivity contribution is -0.158. The van der Waals surface area contributed by atoms with E-state index in [1.165, 1.54) is 6.07 Å². The van der Waals surface area contributed by atoms with E-state index in [9.17, 15) is 20.0 Å². The van der Waals surface area contributed by atoms with Crippen LogP contribution >= 0.6 is 0 Å². The fourth-order valence-electron chi connectivity index (χ4n) is 5.98. The standard InChI is InChI=1S/C27H30N5O5/c33-24-17-30(10-4-9-29-11-13-37-14-12-29)27(34)23-16-21-20-7-1-2-8-22(20)28-25(21)26(31(23)24)18-5-3-6-19(15-18)32(35)36/h1-3,5-8,15,23,26,28,35H,4,9-14,16-17H2/q-1. The van der Waals surface area contributed by atoms with Crippen LogP contribution in [0.4, 0.5) is 5.69 Å². The van der Waals surface area contributed by atoms with Gasteiger partial charge in [0.1, 0.15) is 6.04 Å². The molecule has 0 spiro atoms. The summed E-state index contributed by atoms with van der Waals surface area (Å²) in [6, 6.07) is 13.3. The van der Waals surface area contributed by atoms with Gasteiger partial charge in [-0.05, 0) is 35.7 Å². The Morgan fingerprint density at radius 2 is 1.89 bits per heavy atom. The number of H-pyrrole nitrogens is 1. The number of hydrogen-bond acceptors (Lipinski definition) is 7. The van der Waals surface area contributed by atoms with Gasteiger partial charge in [0.15, 0.2) is 0 Å². The van der Waals surface area contributed by atoms with E-state index in [4.69, 9.17) is 4.74 Å². The van der Waals surface area contributed by atoms with Crippen molar-refractivity contribution in [1.82, 2.24) is 19.7 Å². The maximum Gasteiger partial charge on any atom is 0.246 e. The predicted molar refractivity (Wildman–Crippen MR) is 137 cm³/mol. The monoisotopic (exact) mass is 504 g/mol. The van der Waals surface area contributed by atoms with Crippen LogP contribution in [0.1, 0.15) is 29.3 Å². The van der Waals surface area contributed by atoms with Gasteiger partial charge in [-0.25, -0.2) is 0 Å². The quantitative estimate of drug-likeness (QED) is 0.495. The highest BCUT2D eigenvalue weighted by Gasteiger charge is 2.48. The fraction of sp³-hybridized carbons (Fsp3) is 0.407. The summed E-state index contributed by atoms with van der Waals surface area (Å²) in [6.07, 6.45) is 1.22. The number of morpholine rings is 1. The lowest BCUT2D eigenvalue weighted by atomic mass is 9.86. The van der Waals surface area contributed by atoms with Gasteiger partial charge in [0, 0.05) is 49.2 Å². The van der Waals surface area contributed by atoms with E-state index in [0.717, 1.165) is 61.4 Å². The molecular weight excluding hydrogens is 474 g/mol. The zero-order chi connectivity index (χ0) is 25.5. The van der Waals surface area contributed by atoms with E-state index in [0.29, 0.717) is 18.5 Å². The molecule has 2 fully saturated rings. The summed E-state index contributed by atoms with van der Waals surface area (Å²) >= 11 is 0. The summed E-state index contributed by atoms with van der Waals surface area (Å²) in [5, 5.41) is 22.0. The third-order valence-corrected chi connectivity index (χ3v) is 7.76. The molecule has 2 atom stereocenters. The van der Waals surface area contributed by atoms with Gasteiger partial charge in [-0.15, -0.1) is 0 Å². The highest BCUT2D eigenvalue weighted by Crippen LogP contribution is 2.43. The number of fused-ring (bicyclic) bond motifs is 4. The minimum atomic E-state index is -0.637.